The van der Waals surface area contributed by atoms with Crippen LogP contribution in [-0.2, 0) is 4.74 Å². The summed E-state index contributed by atoms with van der Waals surface area (Å²) in [5.74, 6) is 0.949. The van der Waals surface area contributed by atoms with Crippen molar-refractivity contribution in [3.8, 4) is 5.75 Å². The summed E-state index contributed by atoms with van der Waals surface area (Å²) in [5, 5.41) is 3.55. The highest BCUT2D eigenvalue weighted by atomic mass is 16.5. The van der Waals surface area contributed by atoms with Crippen LogP contribution in [0.5, 0.6) is 5.75 Å². The molecule has 0 aliphatic rings. The van der Waals surface area contributed by atoms with Gasteiger partial charge in [0.15, 0.2) is 0 Å². The lowest BCUT2D eigenvalue weighted by Gasteiger charge is -2.19. The van der Waals surface area contributed by atoms with E-state index in [1.807, 2.05) is 13.0 Å². The van der Waals surface area contributed by atoms with Crippen molar-refractivity contribution in [2.75, 3.05) is 19.8 Å². The minimum Gasteiger partial charge on any atom is -0.491 e. The van der Waals surface area contributed by atoms with Crippen LogP contribution in [0.15, 0.2) is 24.3 Å². The first-order chi connectivity index (χ1) is 9.67. The predicted octanol–water partition coefficient (Wildman–Crippen LogP) is 3.94. The molecule has 0 aliphatic heterocycles. The van der Waals surface area contributed by atoms with Crippen molar-refractivity contribution >= 4 is 0 Å². The number of benzene rings is 1. The second kappa shape index (κ2) is 9.78. The van der Waals surface area contributed by atoms with Crippen LogP contribution in [0.4, 0.5) is 0 Å². The Morgan fingerprint density at radius 2 is 2.00 bits per heavy atom. The molecule has 0 saturated heterocycles. The van der Waals surface area contributed by atoms with Crippen LogP contribution < -0.4 is 10.1 Å². The maximum absolute atomic E-state index is 5.77. The van der Waals surface area contributed by atoms with Crippen molar-refractivity contribution < 1.29 is 9.47 Å². The quantitative estimate of drug-likeness (QED) is 0.658. The van der Waals surface area contributed by atoms with Crippen molar-refractivity contribution in [2.45, 2.75) is 52.7 Å². The Balaban J connectivity index is 2.64. The first kappa shape index (κ1) is 17.0. The van der Waals surface area contributed by atoms with Crippen molar-refractivity contribution in [2.24, 2.45) is 0 Å². The number of hydrogen-bond donors (Lipinski definition) is 1. The van der Waals surface area contributed by atoms with E-state index in [2.05, 4.69) is 44.3 Å². The molecule has 0 heterocycles. The van der Waals surface area contributed by atoms with Gasteiger partial charge in [-0.2, -0.15) is 0 Å². The number of rotatable bonds is 10. The molecule has 0 aromatic heterocycles. The minimum absolute atomic E-state index is 0.209. The van der Waals surface area contributed by atoms with Gasteiger partial charge >= 0.3 is 0 Å². The summed E-state index contributed by atoms with van der Waals surface area (Å²) in [7, 11) is 0. The summed E-state index contributed by atoms with van der Waals surface area (Å²) < 4.78 is 11.2. The molecule has 0 saturated carbocycles. The fourth-order valence-corrected chi connectivity index (χ4v) is 2.24. The summed E-state index contributed by atoms with van der Waals surface area (Å²) in [6.45, 7) is 10.9. The number of ether oxygens (including phenoxy) is 2. The van der Waals surface area contributed by atoms with Crippen molar-refractivity contribution in [3.05, 3.63) is 29.8 Å². The van der Waals surface area contributed by atoms with E-state index in [1.165, 1.54) is 5.56 Å². The first-order valence-electron chi connectivity index (χ1n) is 7.75. The highest BCUT2D eigenvalue weighted by Crippen LogP contribution is 2.23. The van der Waals surface area contributed by atoms with Gasteiger partial charge in [0, 0.05) is 19.3 Å². The fourth-order valence-electron chi connectivity index (χ4n) is 2.24. The molecule has 3 heteroatoms. The van der Waals surface area contributed by atoms with Gasteiger partial charge in [0.05, 0.1) is 6.10 Å². The summed E-state index contributed by atoms with van der Waals surface area (Å²) >= 11 is 0. The average Bonchev–Trinajstić information content (AvgIpc) is 2.42. The van der Waals surface area contributed by atoms with E-state index in [4.69, 9.17) is 9.47 Å². The van der Waals surface area contributed by atoms with Gasteiger partial charge in [-0.25, -0.2) is 0 Å². The highest BCUT2D eigenvalue weighted by Gasteiger charge is 2.11. The third-order valence-corrected chi connectivity index (χ3v) is 3.07. The van der Waals surface area contributed by atoms with Crippen molar-refractivity contribution in [1.29, 1.82) is 0 Å². The Kier molecular flexibility index (Phi) is 8.31. The van der Waals surface area contributed by atoms with Gasteiger partial charge in [-0.15, -0.1) is 0 Å². The van der Waals surface area contributed by atoms with Crippen LogP contribution >= 0.6 is 0 Å². The second-order valence-corrected chi connectivity index (χ2v) is 5.19. The Morgan fingerprint density at radius 1 is 1.20 bits per heavy atom. The average molecular weight is 279 g/mol. The Labute approximate surface area is 123 Å². The molecule has 1 N–H and O–H groups in total. The highest BCUT2D eigenvalue weighted by molar-refractivity contribution is 5.30. The van der Waals surface area contributed by atoms with Gasteiger partial charge in [-0.1, -0.05) is 19.1 Å². The van der Waals surface area contributed by atoms with E-state index in [1.54, 1.807) is 0 Å². The van der Waals surface area contributed by atoms with E-state index in [9.17, 15) is 0 Å². The summed E-state index contributed by atoms with van der Waals surface area (Å²) in [4.78, 5) is 0. The lowest BCUT2D eigenvalue weighted by atomic mass is 10.0. The molecule has 1 aromatic carbocycles. The Hall–Kier alpha value is -1.06. The van der Waals surface area contributed by atoms with Crippen LogP contribution in [0.25, 0.3) is 0 Å². The zero-order chi connectivity index (χ0) is 14.8. The van der Waals surface area contributed by atoms with E-state index in [-0.39, 0.29) is 6.10 Å². The second-order valence-electron chi connectivity index (χ2n) is 5.19. The summed E-state index contributed by atoms with van der Waals surface area (Å²) in [5.41, 5.74) is 1.29. The Bertz CT molecular complexity index is 366. The van der Waals surface area contributed by atoms with E-state index in [0.717, 1.165) is 38.3 Å². The molecule has 1 unspecified atom stereocenters. The largest absolute Gasteiger partial charge is 0.491 e. The van der Waals surface area contributed by atoms with Crippen LogP contribution in [-0.4, -0.2) is 25.9 Å². The molecule has 114 valence electrons. The maximum atomic E-state index is 5.77. The van der Waals surface area contributed by atoms with Gasteiger partial charge in [-0.3, -0.25) is 0 Å². The molecule has 0 spiro atoms. The van der Waals surface area contributed by atoms with Crippen molar-refractivity contribution in [3.63, 3.8) is 0 Å². The maximum Gasteiger partial charge on any atom is 0.120 e. The molecular formula is C17H29NO2. The minimum atomic E-state index is 0.209. The number of nitrogens with one attached hydrogen (secondary N) is 1. The van der Waals surface area contributed by atoms with Crippen LogP contribution in [0.3, 0.4) is 0 Å². The Morgan fingerprint density at radius 3 is 2.65 bits per heavy atom. The zero-order valence-electron chi connectivity index (χ0n) is 13.3. The smallest absolute Gasteiger partial charge is 0.120 e. The van der Waals surface area contributed by atoms with E-state index >= 15 is 0 Å². The molecule has 0 bridgehead atoms. The first-order valence-corrected chi connectivity index (χ1v) is 7.75. The molecule has 1 atom stereocenters. The topological polar surface area (TPSA) is 30.5 Å². The predicted molar refractivity (Wildman–Crippen MR) is 84.4 cm³/mol. The lowest BCUT2D eigenvalue weighted by molar-refractivity contribution is 0.141. The molecule has 1 rings (SSSR count). The normalized spacial score (nSPS) is 12.7. The van der Waals surface area contributed by atoms with Gasteiger partial charge in [0.2, 0.25) is 0 Å². The SMILES string of the molecule is CCNC(CCCOCC)c1cccc(OC(C)C)c1. The molecule has 1 aromatic rings. The summed E-state index contributed by atoms with van der Waals surface area (Å²) in [6, 6.07) is 8.78. The molecule has 0 radical (unpaired) electrons. The van der Waals surface area contributed by atoms with Crippen LogP contribution in [0.2, 0.25) is 0 Å². The number of hydrogen-bond acceptors (Lipinski definition) is 3. The molecule has 0 aliphatic carbocycles. The van der Waals surface area contributed by atoms with Crippen LogP contribution in [0, 0.1) is 0 Å². The third kappa shape index (κ3) is 6.40. The monoisotopic (exact) mass is 279 g/mol. The molecule has 0 fully saturated rings. The lowest BCUT2D eigenvalue weighted by Crippen LogP contribution is -2.21. The van der Waals surface area contributed by atoms with Crippen molar-refractivity contribution in [1.82, 2.24) is 5.32 Å². The van der Waals surface area contributed by atoms with E-state index < -0.39 is 0 Å². The molecule has 3 nitrogen and oxygen atoms in total. The zero-order valence-corrected chi connectivity index (χ0v) is 13.3. The van der Waals surface area contributed by atoms with Gasteiger partial charge in [0.25, 0.3) is 0 Å². The van der Waals surface area contributed by atoms with Gasteiger partial charge in [-0.05, 0) is 57.9 Å². The molecule has 0 amide bonds. The molecular weight excluding hydrogens is 250 g/mol. The fraction of sp³-hybridized carbons (Fsp3) is 0.647. The van der Waals surface area contributed by atoms with E-state index in [0.29, 0.717) is 6.04 Å². The van der Waals surface area contributed by atoms with Gasteiger partial charge < -0.3 is 14.8 Å². The third-order valence-electron chi connectivity index (χ3n) is 3.07. The summed E-state index contributed by atoms with van der Waals surface area (Å²) in [6.07, 6.45) is 2.36. The van der Waals surface area contributed by atoms with Gasteiger partial charge in [0.1, 0.15) is 5.75 Å². The molecule has 20 heavy (non-hydrogen) atoms. The van der Waals surface area contributed by atoms with Crippen LogP contribution in [0.1, 0.15) is 52.1 Å². The standard InChI is InChI=1S/C17H29NO2/c1-5-18-17(11-8-12-19-6-2)15-9-7-10-16(13-15)20-14(3)4/h7,9-10,13-14,17-18H,5-6,8,11-12H2,1-4H3.